The Balaban J connectivity index is 1.81. The Morgan fingerprint density at radius 1 is 1.31 bits per heavy atom. The van der Waals surface area contributed by atoms with E-state index in [0.717, 1.165) is 23.8 Å². The average molecular weight is 237 g/mol. The second-order valence-corrected chi connectivity index (χ2v) is 7.04. The van der Waals surface area contributed by atoms with Crippen LogP contribution in [-0.4, -0.2) is 23.2 Å². The van der Waals surface area contributed by atoms with E-state index in [-0.39, 0.29) is 0 Å². The number of rotatable bonds is 1. The van der Waals surface area contributed by atoms with Crippen molar-refractivity contribution < 1.29 is 0 Å². The molecule has 1 nitrogen and oxygen atoms in total. The van der Waals surface area contributed by atoms with Crippen molar-refractivity contribution in [1.29, 1.82) is 0 Å². The molecular formula is C14H23NS. The molecule has 0 radical (unpaired) electrons. The van der Waals surface area contributed by atoms with Gasteiger partial charge in [0.2, 0.25) is 0 Å². The van der Waals surface area contributed by atoms with Crippen molar-refractivity contribution >= 4 is 11.8 Å². The maximum Gasteiger partial charge on any atom is 0.0670 e. The van der Waals surface area contributed by atoms with Crippen molar-refractivity contribution in [2.45, 2.75) is 45.6 Å². The molecule has 1 saturated heterocycles. The lowest BCUT2D eigenvalue weighted by atomic mass is 9.93. The molecule has 0 spiro atoms. The van der Waals surface area contributed by atoms with Gasteiger partial charge in [-0.1, -0.05) is 26.3 Å². The van der Waals surface area contributed by atoms with Crippen molar-refractivity contribution in [3.8, 4) is 0 Å². The topological polar surface area (TPSA) is 3.24 Å². The summed E-state index contributed by atoms with van der Waals surface area (Å²) in [6, 6.07) is 0.801. The Labute approximate surface area is 104 Å². The van der Waals surface area contributed by atoms with Crippen LogP contribution < -0.4 is 0 Å². The predicted octanol–water partition coefficient (Wildman–Crippen LogP) is 3.72. The average Bonchev–Trinajstić information content (AvgIpc) is 2.81. The molecule has 90 valence electrons. The SMILES string of the molecule is CC(C)C1CSC2=CCC3CCCC3CN21. The number of hydrogen-bond acceptors (Lipinski definition) is 2. The maximum absolute atomic E-state index is 2.74. The molecule has 2 heterocycles. The molecule has 0 aromatic heterocycles. The van der Waals surface area contributed by atoms with Crippen LogP contribution in [0.3, 0.4) is 0 Å². The number of fused-ring (bicyclic) bond motifs is 2. The first-order valence-corrected chi connectivity index (χ1v) is 7.84. The van der Waals surface area contributed by atoms with Crippen LogP contribution >= 0.6 is 11.8 Å². The van der Waals surface area contributed by atoms with E-state index in [1.807, 2.05) is 0 Å². The van der Waals surface area contributed by atoms with Gasteiger partial charge >= 0.3 is 0 Å². The molecule has 0 aromatic rings. The van der Waals surface area contributed by atoms with Gasteiger partial charge in [0, 0.05) is 18.3 Å². The lowest BCUT2D eigenvalue weighted by Crippen LogP contribution is -2.37. The molecule has 3 atom stereocenters. The third-order valence-corrected chi connectivity index (χ3v) is 5.90. The maximum atomic E-state index is 2.74. The fourth-order valence-electron chi connectivity index (χ4n) is 3.63. The quantitative estimate of drug-likeness (QED) is 0.684. The van der Waals surface area contributed by atoms with Crippen molar-refractivity contribution in [1.82, 2.24) is 4.90 Å². The van der Waals surface area contributed by atoms with Crippen LogP contribution in [-0.2, 0) is 0 Å². The van der Waals surface area contributed by atoms with Crippen molar-refractivity contribution in [2.24, 2.45) is 17.8 Å². The van der Waals surface area contributed by atoms with Gasteiger partial charge in [0.25, 0.3) is 0 Å². The van der Waals surface area contributed by atoms with E-state index in [0.29, 0.717) is 0 Å². The second-order valence-electron chi connectivity index (χ2n) is 6.00. The van der Waals surface area contributed by atoms with Crippen molar-refractivity contribution in [3.05, 3.63) is 11.1 Å². The lowest BCUT2D eigenvalue weighted by molar-refractivity contribution is 0.202. The van der Waals surface area contributed by atoms with Gasteiger partial charge in [-0.25, -0.2) is 0 Å². The summed E-state index contributed by atoms with van der Waals surface area (Å²) in [6.07, 6.45) is 8.35. The first kappa shape index (κ1) is 11.0. The third-order valence-electron chi connectivity index (χ3n) is 4.70. The summed E-state index contributed by atoms with van der Waals surface area (Å²) in [6.45, 7) is 6.11. The van der Waals surface area contributed by atoms with Crippen LogP contribution in [0.25, 0.3) is 0 Å². The molecule has 0 amide bonds. The molecule has 1 saturated carbocycles. The number of allylic oxidation sites excluding steroid dienone is 1. The molecular weight excluding hydrogens is 214 g/mol. The summed E-state index contributed by atoms with van der Waals surface area (Å²) in [5.41, 5.74) is 0. The van der Waals surface area contributed by atoms with E-state index < -0.39 is 0 Å². The van der Waals surface area contributed by atoms with Crippen LogP contribution in [0.2, 0.25) is 0 Å². The zero-order valence-corrected chi connectivity index (χ0v) is 11.3. The predicted molar refractivity (Wildman–Crippen MR) is 71.3 cm³/mol. The molecule has 2 heteroatoms. The molecule has 0 aromatic carbocycles. The normalized spacial score (nSPS) is 38.3. The zero-order valence-electron chi connectivity index (χ0n) is 10.5. The fourth-order valence-corrected chi connectivity index (χ4v) is 5.13. The summed E-state index contributed by atoms with van der Waals surface area (Å²) in [4.78, 5) is 2.74. The second kappa shape index (κ2) is 4.29. The molecule has 16 heavy (non-hydrogen) atoms. The van der Waals surface area contributed by atoms with Crippen LogP contribution in [0.1, 0.15) is 39.5 Å². The van der Waals surface area contributed by atoms with E-state index in [1.165, 1.54) is 38.0 Å². The molecule has 3 aliphatic rings. The molecule has 2 fully saturated rings. The summed E-state index contributed by atoms with van der Waals surface area (Å²) < 4.78 is 0. The zero-order chi connectivity index (χ0) is 11.1. The Hall–Kier alpha value is -0.110. The minimum atomic E-state index is 0.801. The van der Waals surface area contributed by atoms with Crippen LogP contribution in [0.15, 0.2) is 11.1 Å². The van der Waals surface area contributed by atoms with Gasteiger partial charge in [-0.15, -0.1) is 11.8 Å². The summed E-state index contributed by atoms with van der Waals surface area (Å²) in [7, 11) is 0. The van der Waals surface area contributed by atoms with Crippen LogP contribution in [0.5, 0.6) is 0 Å². The smallest absolute Gasteiger partial charge is 0.0670 e. The minimum absolute atomic E-state index is 0.801. The molecule has 3 unspecified atom stereocenters. The van der Waals surface area contributed by atoms with E-state index in [4.69, 9.17) is 0 Å². The number of hydrogen-bond donors (Lipinski definition) is 0. The standard InChI is InChI=1S/C14H23NS/c1-10(2)13-9-16-14-7-6-11-4-3-5-12(11)8-15(13)14/h7,10-13H,3-6,8-9H2,1-2H3. The molecule has 1 aliphatic carbocycles. The monoisotopic (exact) mass is 237 g/mol. The fraction of sp³-hybridized carbons (Fsp3) is 0.857. The van der Waals surface area contributed by atoms with Crippen LogP contribution in [0, 0.1) is 17.8 Å². The molecule has 2 aliphatic heterocycles. The van der Waals surface area contributed by atoms with Crippen LogP contribution in [0.4, 0.5) is 0 Å². The third kappa shape index (κ3) is 1.79. The highest BCUT2D eigenvalue weighted by Gasteiger charge is 2.37. The van der Waals surface area contributed by atoms with Gasteiger partial charge in [0.05, 0.1) is 5.03 Å². The summed E-state index contributed by atoms with van der Waals surface area (Å²) in [5.74, 6) is 4.12. The largest absolute Gasteiger partial charge is 0.362 e. The highest BCUT2D eigenvalue weighted by Crippen LogP contribution is 2.44. The van der Waals surface area contributed by atoms with Gasteiger partial charge in [-0.2, -0.15) is 0 Å². The van der Waals surface area contributed by atoms with Gasteiger partial charge in [0.1, 0.15) is 0 Å². The van der Waals surface area contributed by atoms with E-state index in [2.05, 4.69) is 36.6 Å². The number of nitrogens with zero attached hydrogens (tertiary/aromatic N) is 1. The highest BCUT2D eigenvalue weighted by atomic mass is 32.2. The molecule has 0 bridgehead atoms. The Morgan fingerprint density at radius 2 is 2.12 bits per heavy atom. The summed E-state index contributed by atoms with van der Waals surface area (Å²) >= 11 is 2.10. The lowest BCUT2D eigenvalue weighted by Gasteiger charge is -2.31. The minimum Gasteiger partial charge on any atom is -0.362 e. The first-order chi connectivity index (χ1) is 7.75. The van der Waals surface area contributed by atoms with E-state index in [9.17, 15) is 0 Å². The van der Waals surface area contributed by atoms with Gasteiger partial charge in [0.15, 0.2) is 0 Å². The summed E-state index contributed by atoms with van der Waals surface area (Å²) in [5, 5.41) is 1.60. The van der Waals surface area contributed by atoms with E-state index >= 15 is 0 Å². The Bertz CT molecular complexity index is 297. The van der Waals surface area contributed by atoms with Crippen molar-refractivity contribution in [2.75, 3.05) is 12.3 Å². The molecule has 3 rings (SSSR count). The van der Waals surface area contributed by atoms with Gasteiger partial charge in [-0.3, -0.25) is 0 Å². The van der Waals surface area contributed by atoms with Gasteiger partial charge < -0.3 is 4.90 Å². The Kier molecular flexibility index (Phi) is 2.95. The van der Waals surface area contributed by atoms with E-state index in [1.54, 1.807) is 5.03 Å². The molecule has 0 N–H and O–H groups in total. The highest BCUT2D eigenvalue weighted by molar-refractivity contribution is 8.03. The Morgan fingerprint density at radius 3 is 2.94 bits per heavy atom. The van der Waals surface area contributed by atoms with Gasteiger partial charge in [-0.05, 0) is 37.0 Å². The number of thioether (sulfide) groups is 1. The first-order valence-electron chi connectivity index (χ1n) is 6.85. The van der Waals surface area contributed by atoms with Crippen molar-refractivity contribution in [3.63, 3.8) is 0 Å².